The van der Waals surface area contributed by atoms with Crippen molar-refractivity contribution >= 4 is 21.7 Å². The molecule has 0 amide bonds. The molecule has 0 saturated carbocycles. The molecule has 0 bridgehead atoms. The summed E-state index contributed by atoms with van der Waals surface area (Å²) in [5.74, 6) is 3.06. The monoisotopic (exact) mass is 321 g/mol. The highest BCUT2D eigenvalue weighted by Gasteiger charge is 2.11. The molecule has 0 unspecified atom stereocenters. The molecule has 2 rings (SSSR count). The lowest BCUT2D eigenvalue weighted by molar-refractivity contribution is 0.105. The lowest BCUT2D eigenvalue weighted by Crippen LogP contribution is -2.25. The van der Waals surface area contributed by atoms with Crippen LogP contribution in [-0.4, -0.2) is 30.9 Å². The fourth-order valence-corrected chi connectivity index (χ4v) is 2.42. The Morgan fingerprint density at radius 3 is 2.74 bits per heavy atom. The molecular weight excluding hydrogens is 306 g/mol. The smallest absolute Gasteiger partial charge is 0.241 e. The van der Waals surface area contributed by atoms with Gasteiger partial charge in [0.25, 0.3) is 0 Å². The molecule has 1 aliphatic rings. The van der Waals surface area contributed by atoms with Crippen molar-refractivity contribution in [1.82, 2.24) is 4.90 Å². The second kappa shape index (κ2) is 6.63. The molecule has 0 atom stereocenters. The fourth-order valence-electron chi connectivity index (χ4n) is 2.06. The molecule has 0 N–H and O–H groups in total. The summed E-state index contributed by atoms with van der Waals surface area (Å²) in [6, 6.07) is 8.30. The summed E-state index contributed by atoms with van der Waals surface area (Å²) >= 11 is 3.36. The molecule has 0 aromatic heterocycles. The van der Waals surface area contributed by atoms with Gasteiger partial charge >= 0.3 is 0 Å². The molecule has 1 fully saturated rings. The Hall–Kier alpha value is -1.47. The summed E-state index contributed by atoms with van der Waals surface area (Å²) < 4.78 is 6.03. The van der Waals surface area contributed by atoms with Gasteiger partial charge in [0.2, 0.25) is 5.78 Å². The summed E-state index contributed by atoms with van der Waals surface area (Å²) in [4.78, 5) is 14.1. The van der Waals surface area contributed by atoms with Crippen molar-refractivity contribution in [3.05, 3.63) is 28.2 Å². The van der Waals surface area contributed by atoms with Crippen LogP contribution in [0, 0.1) is 12.0 Å². The summed E-state index contributed by atoms with van der Waals surface area (Å²) in [6.07, 6.45) is 3.57. The van der Waals surface area contributed by atoms with Gasteiger partial charge in [0.15, 0.2) is 0 Å². The number of likely N-dealkylation sites (tertiary alicyclic amines) is 1. The largest absolute Gasteiger partial charge is 0.496 e. The van der Waals surface area contributed by atoms with Crippen LogP contribution >= 0.6 is 15.9 Å². The van der Waals surface area contributed by atoms with Gasteiger partial charge in [-0.1, -0.05) is 15.9 Å². The number of piperidine rings is 1. The normalized spacial score (nSPS) is 14.5. The number of Topliss-reactive ketones (excluding diaryl/α,β-unsaturated/α-hetero) is 1. The molecule has 1 aromatic carbocycles. The first-order chi connectivity index (χ1) is 9.20. The minimum Gasteiger partial charge on any atom is -0.496 e. The van der Waals surface area contributed by atoms with E-state index in [4.69, 9.17) is 4.74 Å². The Kier molecular flexibility index (Phi) is 4.86. The lowest BCUT2D eigenvalue weighted by Gasteiger charge is -2.21. The topological polar surface area (TPSA) is 29.5 Å². The number of ketones is 1. The molecule has 0 aliphatic carbocycles. The minimum atomic E-state index is -0.205. The van der Waals surface area contributed by atoms with Gasteiger partial charge < -0.3 is 9.64 Å². The van der Waals surface area contributed by atoms with Crippen molar-refractivity contribution in [2.45, 2.75) is 19.3 Å². The average molecular weight is 322 g/mol. The molecule has 1 heterocycles. The molecule has 100 valence electrons. The third kappa shape index (κ3) is 3.74. The third-order valence-electron chi connectivity index (χ3n) is 3.09. The lowest BCUT2D eigenvalue weighted by atomic mass is 10.1. The second-order valence-electron chi connectivity index (χ2n) is 4.46. The number of hydrogen-bond acceptors (Lipinski definition) is 3. The van der Waals surface area contributed by atoms with E-state index in [1.165, 1.54) is 6.42 Å². The van der Waals surface area contributed by atoms with E-state index in [2.05, 4.69) is 27.9 Å². The van der Waals surface area contributed by atoms with Gasteiger partial charge in [-0.2, -0.15) is 0 Å². The van der Waals surface area contributed by atoms with Gasteiger partial charge in [-0.3, -0.25) is 4.79 Å². The summed E-state index contributed by atoms with van der Waals surface area (Å²) in [6.45, 7) is 1.91. The van der Waals surface area contributed by atoms with Gasteiger partial charge in [-0.15, -0.1) is 0 Å². The van der Waals surface area contributed by atoms with Crippen LogP contribution in [0.15, 0.2) is 22.7 Å². The molecule has 19 heavy (non-hydrogen) atoms. The van der Waals surface area contributed by atoms with Crippen LogP contribution in [0.3, 0.4) is 0 Å². The van der Waals surface area contributed by atoms with E-state index in [1.54, 1.807) is 19.2 Å². The number of benzene rings is 1. The van der Waals surface area contributed by atoms with Crippen LogP contribution in [0.1, 0.15) is 29.6 Å². The van der Waals surface area contributed by atoms with Crippen molar-refractivity contribution in [3.8, 4) is 17.7 Å². The summed E-state index contributed by atoms with van der Waals surface area (Å²) in [5.41, 5.74) is 0.501. The highest BCUT2D eigenvalue weighted by molar-refractivity contribution is 9.10. The number of carbonyl (C=O) groups is 1. The number of rotatable bonds is 2. The quantitative estimate of drug-likeness (QED) is 0.619. The van der Waals surface area contributed by atoms with E-state index in [0.29, 0.717) is 11.3 Å². The van der Waals surface area contributed by atoms with Crippen molar-refractivity contribution < 1.29 is 9.53 Å². The summed E-state index contributed by atoms with van der Waals surface area (Å²) in [7, 11) is 1.55. The Morgan fingerprint density at radius 2 is 2.05 bits per heavy atom. The van der Waals surface area contributed by atoms with Crippen molar-refractivity contribution in [2.24, 2.45) is 0 Å². The third-order valence-corrected chi connectivity index (χ3v) is 3.58. The van der Waals surface area contributed by atoms with E-state index in [9.17, 15) is 4.79 Å². The van der Waals surface area contributed by atoms with E-state index < -0.39 is 0 Å². The SMILES string of the molecule is COc1ccc(Br)cc1C(=O)C#CN1CCCCC1. The van der Waals surface area contributed by atoms with Crippen molar-refractivity contribution in [3.63, 3.8) is 0 Å². The number of hydrogen-bond donors (Lipinski definition) is 0. The van der Waals surface area contributed by atoms with Gasteiger partial charge in [0.1, 0.15) is 5.75 Å². The van der Waals surface area contributed by atoms with Crippen LogP contribution in [0.4, 0.5) is 0 Å². The minimum absolute atomic E-state index is 0.205. The van der Waals surface area contributed by atoms with Crippen molar-refractivity contribution in [1.29, 1.82) is 0 Å². The van der Waals surface area contributed by atoms with Gasteiger partial charge in [0, 0.05) is 29.5 Å². The Morgan fingerprint density at radius 1 is 1.32 bits per heavy atom. The molecule has 1 saturated heterocycles. The van der Waals surface area contributed by atoms with Crippen LogP contribution in [0.2, 0.25) is 0 Å². The zero-order valence-electron chi connectivity index (χ0n) is 10.9. The number of ether oxygens (including phenoxy) is 1. The predicted molar refractivity (Wildman–Crippen MR) is 78.2 cm³/mol. The predicted octanol–water partition coefficient (Wildman–Crippen LogP) is 3.09. The van der Waals surface area contributed by atoms with E-state index >= 15 is 0 Å². The number of carbonyl (C=O) groups excluding carboxylic acids is 1. The Labute approximate surface area is 122 Å². The molecular formula is C15H16BrNO2. The molecule has 0 radical (unpaired) electrons. The Bertz CT molecular complexity index is 525. The maximum Gasteiger partial charge on any atom is 0.241 e. The van der Waals surface area contributed by atoms with Crippen molar-refractivity contribution in [2.75, 3.05) is 20.2 Å². The first-order valence-corrected chi connectivity index (χ1v) is 7.14. The molecule has 0 spiro atoms. The average Bonchev–Trinajstić information content (AvgIpc) is 2.46. The fraction of sp³-hybridized carbons (Fsp3) is 0.400. The second-order valence-corrected chi connectivity index (χ2v) is 5.37. The van der Waals surface area contributed by atoms with E-state index in [0.717, 1.165) is 30.4 Å². The zero-order chi connectivity index (χ0) is 13.7. The summed E-state index contributed by atoms with van der Waals surface area (Å²) in [5, 5.41) is 0. The standard InChI is InChI=1S/C15H16BrNO2/c1-19-15-6-5-12(16)11-13(15)14(18)7-10-17-8-3-2-4-9-17/h5-6,11H,2-4,8-9H2,1H3. The molecule has 3 nitrogen and oxygen atoms in total. The van der Waals surface area contributed by atoms with E-state index in [-0.39, 0.29) is 5.78 Å². The van der Waals surface area contributed by atoms with Crippen LogP contribution in [-0.2, 0) is 0 Å². The van der Waals surface area contributed by atoms with Crippen LogP contribution in [0.5, 0.6) is 5.75 Å². The van der Waals surface area contributed by atoms with Crippen LogP contribution in [0.25, 0.3) is 0 Å². The number of nitrogens with zero attached hydrogens (tertiary/aromatic N) is 1. The first kappa shape index (κ1) is 14.0. The van der Waals surface area contributed by atoms with Gasteiger partial charge in [-0.25, -0.2) is 0 Å². The molecule has 4 heteroatoms. The highest BCUT2D eigenvalue weighted by Crippen LogP contribution is 2.23. The first-order valence-electron chi connectivity index (χ1n) is 6.35. The Balaban J connectivity index is 2.15. The zero-order valence-corrected chi connectivity index (χ0v) is 12.5. The van der Waals surface area contributed by atoms with E-state index in [1.807, 2.05) is 11.0 Å². The maximum atomic E-state index is 12.1. The molecule has 1 aromatic rings. The highest BCUT2D eigenvalue weighted by atomic mass is 79.9. The van der Waals surface area contributed by atoms with Gasteiger partial charge in [0.05, 0.1) is 12.7 Å². The van der Waals surface area contributed by atoms with Crippen LogP contribution < -0.4 is 4.74 Å². The molecule has 1 aliphatic heterocycles. The van der Waals surface area contributed by atoms with Gasteiger partial charge in [-0.05, 0) is 37.5 Å². The number of halogens is 1. The number of methoxy groups -OCH3 is 1. The maximum absolute atomic E-state index is 12.1.